The maximum Gasteiger partial charge on any atom is 0.328 e. The molecule has 52 heavy (non-hydrogen) atoms. The van der Waals surface area contributed by atoms with Crippen molar-refractivity contribution in [2.24, 2.45) is 22.2 Å². The molecule has 17 nitrogen and oxygen atoms in total. The molecular weight excluding hydrogens is 676 g/mol. The number of carboxylic acids is 1. The number of aliphatic hydroxyl groups excluding tert-OH is 1. The van der Waals surface area contributed by atoms with Gasteiger partial charge in [-0.25, -0.2) is 4.79 Å². The summed E-state index contributed by atoms with van der Waals surface area (Å²) in [6, 6.07) is 4.04. The van der Waals surface area contributed by atoms with E-state index in [1.165, 1.54) is 36.1 Å². The highest BCUT2D eigenvalue weighted by Gasteiger charge is 2.40. The first-order valence-electron chi connectivity index (χ1n) is 17.1. The van der Waals surface area contributed by atoms with E-state index in [0.29, 0.717) is 32.2 Å². The molecule has 1 aliphatic heterocycles. The highest BCUT2D eigenvalue weighted by atomic mass is 16.4. The largest absolute Gasteiger partial charge is 0.507 e. The van der Waals surface area contributed by atoms with Crippen LogP contribution in [0.15, 0.2) is 41.4 Å². The second-order valence-corrected chi connectivity index (χ2v) is 12.8. The minimum Gasteiger partial charge on any atom is -0.507 e. The molecule has 4 rings (SSSR count). The molecule has 12 N–H and O–H groups in total. The van der Waals surface area contributed by atoms with Crippen LogP contribution in [-0.2, 0) is 19.2 Å². The fourth-order valence-corrected chi connectivity index (χ4v) is 6.45. The van der Waals surface area contributed by atoms with Gasteiger partial charge in [0.25, 0.3) is 0 Å². The fourth-order valence-electron chi connectivity index (χ4n) is 6.45. The van der Waals surface area contributed by atoms with Gasteiger partial charge in [-0.3, -0.25) is 29.0 Å². The van der Waals surface area contributed by atoms with Crippen molar-refractivity contribution in [1.82, 2.24) is 15.5 Å². The number of carbonyl (C=O) groups excluding carboxylic acids is 5. The number of carbonyl (C=O) groups is 6. The molecule has 280 valence electrons. The smallest absolute Gasteiger partial charge is 0.328 e. The molecule has 3 amide bonds. The highest BCUT2D eigenvalue weighted by Crippen LogP contribution is 2.37. The molecular formula is C35H46N8O9. The first-order chi connectivity index (χ1) is 24.8. The molecule has 0 bridgehead atoms. The summed E-state index contributed by atoms with van der Waals surface area (Å²) in [5.41, 5.74) is 16.7. The quantitative estimate of drug-likeness (QED) is 0.0370. The molecule has 0 aromatic heterocycles. The van der Waals surface area contributed by atoms with Gasteiger partial charge in [-0.05, 0) is 70.5 Å². The Bertz CT molecular complexity index is 1730. The minimum atomic E-state index is -1.61. The summed E-state index contributed by atoms with van der Waals surface area (Å²) < 4.78 is 0. The number of nitrogens with zero attached hydrogens (tertiary/aromatic N) is 2. The second-order valence-electron chi connectivity index (χ2n) is 12.8. The number of phenolic OH excluding ortho intramolecular Hbond substituents is 1. The predicted octanol–water partition coefficient (Wildman–Crippen LogP) is -0.443. The molecule has 0 unspecified atom stereocenters. The first-order valence-corrected chi connectivity index (χ1v) is 17.1. The monoisotopic (exact) mass is 722 g/mol. The number of phenols is 1. The number of unbranched alkanes of at least 4 members (excludes halogenated alkanes) is 1. The summed E-state index contributed by atoms with van der Waals surface area (Å²) >= 11 is 0. The molecule has 2 aromatic rings. The first kappa shape index (κ1) is 39.2. The summed E-state index contributed by atoms with van der Waals surface area (Å²) in [6.07, 6.45) is 0.824. The minimum absolute atomic E-state index is 0.0929. The van der Waals surface area contributed by atoms with Crippen LogP contribution in [0.4, 0.5) is 5.69 Å². The third-order valence-electron chi connectivity index (χ3n) is 9.09. The van der Waals surface area contributed by atoms with Crippen molar-refractivity contribution in [3.8, 4) is 5.75 Å². The van der Waals surface area contributed by atoms with Crippen molar-refractivity contribution >= 4 is 46.9 Å². The van der Waals surface area contributed by atoms with Crippen LogP contribution in [0, 0.1) is 0 Å². The number of rotatable bonds is 17. The number of anilines is 1. The Balaban J connectivity index is 1.61. The number of fused-ring (bicyclic) bond motifs is 2. The molecule has 17 heteroatoms. The van der Waals surface area contributed by atoms with Gasteiger partial charge in [-0.2, -0.15) is 0 Å². The normalized spacial score (nSPS) is 17.2. The number of ketones is 2. The molecule has 1 aliphatic carbocycles. The molecule has 5 atom stereocenters. The van der Waals surface area contributed by atoms with Gasteiger partial charge in [-0.1, -0.05) is 24.3 Å². The lowest BCUT2D eigenvalue weighted by Crippen LogP contribution is -2.57. The number of hydrogen-bond acceptors (Lipinski definition) is 11. The van der Waals surface area contributed by atoms with Crippen LogP contribution in [0.2, 0.25) is 0 Å². The SMILES string of the molecule is C[C@@H](O)[C@H](NC(=O)[C@H](CCCCN)NC(=O)[C@@H]1CCCN1C(=O)[C@H](CCCN=C(N)N)Nc1ccc(O)c2c1C(=O)c1ccccc1C2=O)C(=O)O. The summed E-state index contributed by atoms with van der Waals surface area (Å²) in [5, 5.41) is 38.1. The van der Waals surface area contributed by atoms with E-state index in [-0.39, 0.29) is 66.3 Å². The summed E-state index contributed by atoms with van der Waals surface area (Å²) in [4.78, 5) is 85.3. The van der Waals surface area contributed by atoms with Gasteiger partial charge >= 0.3 is 5.97 Å². The zero-order valence-corrected chi connectivity index (χ0v) is 28.8. The fraction of sp³-hybridized carbons (Fsp3) is 0.457. The highest BCUT2D eigenvalue weighted by molar-refractivity contribution is 6.31. The summed E-state index contributed by atoms with van der Waals surface area (Å²) in [5.74, 6) is -5.02. The van der Waals surface area contributed by atoms with Crippen LogP contribution in [-0.4, -0.2) is 111 Å². The van der Waals surface area contributed by atoms with Crippen LogP contribution in [0.5, 0.6) is 5.75 Å². The van der Waals surface area contributed by atoms with Crippen molar-refractivity contribution in [2.45, 2.75) is 82.1 Å². The van der Waals surface area contributed by atoms with Crippen LogP contribution >= 0.6 is 0 Å². The summed E-state index contributed by atoms with van der Waals surface area (Å²) in [6.45, 7) is 1.90. The Kier molecular flexibility index (Phi) is 13.3. The van der Waals surface area contributed by atoms with Gasteiger partial charge < -0.3 is 53.4 Å². The van der Waals surface area contributed by atoms with E-state index in [0.717, 1.165) is 0 Å². The van der Waals surface area contributed by atoms with E-state index in [1.54, 1.807) is 12.1 Å². The van der Waals surface area contributed by atoms with Crippen molar-refractivity contribution in [3.05, 3.63) is 58.7 Å². The van der Waals surface area contributed by atoms with Gasteiger partial charge in [0.15, 0.2) is 23.6 Å². The van der Waals surface area contributed by atoms with E-state index in [4.69, 9.17) is 17.2 Å². The van der Waals surface area contributed by atoms with Crippen LogP contribution in [0.3, 0.4) is 0 Å². The molecule has 2 aliphatic rings. The maximum absolute atomic E-state index is 14.3. The number of benzene rings is 2. The number of amides is 3. The Labute approximate surface area is 300 Å². The number of aliphatic hydroxyl groups is 1. The Morgan fingerprint density at radius 1 is 0.942 bits per heavy atom. The number of carboxylic acid groups (broad SMARTS) is 1. The van der Waals surface area contributed by atoms with Gasteiger partial charge in [-0.15, -0.1) is 0 Å². The second kappa shape index (κ2) is 17.6. The van der Waals surface area contributed by atoms with Crippen molar-refractivity contribution in [3.63, 3.8) is 0 Å². The van der Waals surface area contributed by atoms with E-state index < -0.39 is 71.3 Å². The molecule has 0 saturated carbocycles. The standard InChI is InChI=1S/C35H46N8O9/c1-18(44)28(34(51)52)42-31(48)22(10-4-5-15-36)41-32(49)24-12-7-17-43(24)33(50)23(11-6-16-39-35(37)38)40-21-13-14-25(45)27-26(21)29(46)19-8-2-3-9-20(19)30(27)47/h2-3,8-9,13-14,18,22-24,28,40,44-45H,4-7,10-12,15-17,36H2,1H3,(H,41,49)(H,42,48)(H,51,52)(H4,37,38,39)/t18-,22+,23+,24+,28+/m1/s1. The van der Waals surface area contributed by atoms with Crippen LogP contribution in [0.1, 0.15) is 83.7 Å². The number of likely N-dealkylation sites (tertiary alicyclic amines) is 1. The molecule has 0 spiro atoms. The van der Waals surface area contributed by atoms with Crippen LogP contribution in [0.25, 0.3) is 0 Å². The Morgan fingerprint density at radius 2 is 1.60 bits per heavy atom. The van der Waals surface area contributed by atoms with E-state index in [2.05, 4.69) is 20.9 Å². The predicted molar refractivity (Wildman–Crippen MR) is 190 cm³/mol. The van der Waals surface area contributed by atoms with Gasteiger partial charge in [0, 0.05) is 29.9 Å². The molecule has 0 radical (unpaired) electrons. The van der Waals surface area contributed by atoms with E-state index in [1.807, 2.05) is 0 Å². The third kappa shape index (κ3) is 9.02. The number of aliphatic imine (C=N–C) groups is 1. The van der Waals surface area contributed by atoms with Gasteiger partial charge in [0.1, 0.15) is 23.9 Å². The molecule has 1 fully saturated rings. The number of guanidine groups is 1. The number of aliphatic carboxylic acids is 1. The lowest BCUT2D eigenvalue weighted by molar-refractivity contribution is -0.145. The zero-order valence-electron chi connectivity index (χ0n) is 28.8. The van der Waals surface area contributed by atoms with E-state index in [9.17, 15) is 44.1 Å². The molecule has 1 heterocycles. The average Bonchev–Trinajstić information content (AvgIpc) is 3.60. The maximum atomic E-state index is 14.3. The average molecular weight is 723 g/mol. The lowest BCUT2D eigenvalue weighted by atomic mass is 9.82. The van der Waals surface area contributed by atoms with Crippen LogP contribution < -0.4 is 33.2 Å². The Morgan fingerprint density at radius 3 is 2.21 bits per heavy atom. The molecule has 1 saturated heterocycles. The number of nitrogens with two attached hydrogens (primary N) is 3. The van der Waals surface area contributed by atoms with Crippen molar-refractivity contribution < 1.29 is 44.1 Å². The third-order valence-corrected chi connectivity index (χ3v) is 9.09. The van der Waals surface area contributed by atoms with E-state index >= 15 is 0 Å². The Hall–Kier alpha value is -5.55. The lowest BCUT2D eigenvalue weighted by Gasteiger charge is -2.31. The van der Waals surface area contributed by atoms with Crippen molar-refractivity contribution in [1.29, 1.82) is 0 Å². The molecule has 2 aromatic carbocycles. The number of hydrogen-bond donors (Lipinski definition) is 9. The number of aromatic hydroxyl groups is 1. The summed E-state index contributed by atoms with van der Waals surface area (Å²) in [7, 11) is 0. The van der Waals surface area contributed by atoms with Gasteiger partial charge in [0.05, 0.1) is 17.2 Å². The van der Waals surface area contributed by atoms with Crippen molar-refractivity contribution in [2.75, 3.05) is 25.0 Å². The number of nitrogens with one attached hydrogen (secondary N) is 3. The topological polar surface area (TPSA) is 293 Å². The van der Waals surface area contributed by atoms with Gasteiger partial charge in [0.2, 0.25) is 17.7 Å². The zero-order chi connectivity index (χ0) is 38.1.